The summed E-state index contributed by atoms with van der Waals surface area (Å²) in [6, 6.07) is 5.59. The van der Waals surface area contributed by atoms with E-state index < -0.39 is 0 Å². The average Bonchev–Trinajstić information content (AvgIpc) is 3.22. The number of rotatable bonds is 3. The summed E-state index contributed by atoms with van der Waals surface area (Å²) in [7, 11) is 0. The van der Waals surface area contributed by atoms with Crippen molar-refractivity contribution in [1.29, 1.82) is 0 Å². The molecule has 2 aliphatic heterocycles. The average molecular weight is 327 g/mol. The number of nitrogens with zero attached hydrogens (tertiary/aromatic N) is 3. The summed E-state index contributed by atoms with van der Waals surface area (Å²) in [6.45, 7) is 3.78. The van der Waals surface area contributed by atoms with Crippen molar-refractivity contribution in [1.82, 2.24) is 14.7 Å². The highest BCUT2D eigenvalue weighted by Crippen LogP contribution is 2.33. The number of benzene rings is 1. The minimum atomic E-state index is 0.0573. The van der Waals surface area contributed by atoms with Crippen LogP contribution in [0.5, 0.6) is 11.5 Å². The maximum Gasteiger partial charge on any atom is 0.254 e. The summed E-state index contributed by atoms with van der Waals surface area (Å²) in [5, 5.41) is 4.37. The van der Waals surface area contributed by atoms with E-state index in [9.17, 15) is 4.79 Å². The zero-order valence-corrected chi connectivity index (χ0v) is 13.8. The molecule has 1 saturated heterocycles. The SMILES string of the molecule is Cc1cnn(C[C@H]2CCCCN2C(=O)c2ccc3c(c2)OCO3)c1. The van der Waals surface area contributed by atoms with Crippen LogP contribution in [-0.4, -0.2) is 40.0 Å². The van der Waals surface area contributed by atoms with Gasteiger partial charge in [-0.1, -0.05) is 0 Å². The Morgan fingerprint density at radius 1 is 1.29 bits per heavy atom. The van der Waals surface area contributed by atoms with Crippen molar-refractivity contribution in [3.05, 3.63) is 41.7 Å². The number of aromatic nitrogens is 2. The van der Waals surface area contributed by atoms with Gasteiger partial charge in [0, 0.05) is 18.3 Å². The first-order valence-corrected chi connectivity index (χ1v) is 8.40. The van der Waals surface area contributed by atoms with Gasteiger partial charge in [-0.15, -0.1) is 0 Å². The Bertz CT molecular complexity index is 756. The van der Waals surface area contributed by atoms with E-state index in [1.54, 1.807) is 6.07 Å². The summed E-state index contributed by atoms with van der Waals surface area (Å²) in [4.78, 5) is 15.0. The molecule has 126 valence electrons. The van der Waals surface area contributed by atoms with E-state index in [1.807, 2.05) is 41.0 Å². The standard InChI is InChI=1S/C18H21N3O3/c1-13-9-19-20(10-13)11-15-4-2-3-7-21(15)18(22)14-5-6-16-17(8-14)24-12-23-16/h5-6,8-10,15H,2-4,7,11-12H2,1H3/t15-/m1/s1. The highest BCUT2D eigenvalue weighted by molar-refractivity contribution is 5.95. The normalized spacial score (nSPS) is 19.5. The number of fused-ring (bicyclic) bond motifs is 1. The van der Waals surface area contributed by atoms with Gasteiger partial charge < -0.3 is 14.4 Å². The van der Waals surface area contributed by atoms with Crippen LogP contribution in [0.3, 0.4) is 0 Å². The first-order valence-electron chi connectivity index (χ1n) is 8.40. The molecule has 2 aliphatic rings. The first kappa shape index (κ1) is 15.1. The molecule has 0 radical (unpaired) electrons. The number of carbonyl (C=O) groups is 1. The Kier molecular flexibility index (Phi) is 3.88. The number of amides is 1. The largest absolute Gasteiger partial charge is 0.454 e. The zero-order valence-electron chi connectivity index (χ0n) is 13.8. The van der Waals surface area contributed by atoms with Crippen LogP contribution >= 0.6 is 0 Å². The Labute approximate surface area is 141 Å². The summed E-state index contributed by atoms with van der Waals surface area (Å²) >= 11 is 0. The van der Waals surface area contributed by atoms with Gasteiger partial charge in [0.05, 0.1) is 18.8 Å². The van der Waals surface area contributed by atoms with Crippen molar-refractivity contribution in [3.63, 3.8) is 0 Å². The second kappa shape index (κ2) is 6.19. The van der Waals surface area contributed by atoms with Crippen LogP contribution in [-0.2, 0) is 6.54 Å². The molecule has 0 N–H and O–H groups in total. The fraction of sp³-hybridized carbons (Fsp3) is 0.444. The van der Waals surface area contributed by atoms with Crippen LogP contribution in [0.4, 0.5) is 0 Å². The Morgan fingerprint density at radius 3 is 3.00 bits per heavy atom. The number of carbonyl (C=O) groups excluding carboxylic acids is 1. The minimum absolute atomic E-state index is 0.0573. The van der Waals surface area contributed by atoms with Crippen LogP contribution in [0, 0.1) is 6.92 Å². The van der Waals surface area contributed by atoms with Crippen LogP contribution in [0.25, 0.3) is 0 Å². The molecular weight excluding hydrogens is 306 g/mol. The summed E-state index contributed by atoms with van der Waals surface area (Å²) in [5.74, 6) is 1.41. The van der Waals surface area contributed by atoms with E-state index in [2.05, 4.69) is 5.10 Å². The molecule has 1 aromatic carbocycles. The Morgan fingerprint density at radius 2 is 2.17 bits per heavy atom. The topological polar surface area (TPSA) is 56.6 Å². The first-order chi connectivity index (χ1) is 11.7. The minimum Gasteiger partial charge on any atom is -0.454 e. The van der Waals surface area contributed by atoms with Crippen LogP contribution in [0.15, 0.2) is 30.6 Å². The number of aryl methyl sites for hydroxylation is 1. The van der Waals surface area contributed by atoms with Gasteiger partial charge in [-0.2, -0.15) is 5.10 Å². The van der Waals surface area contributed by atoms with Gasteiger partial charge in [0.2, 0.25) is 6.79 Å². The van der Waals surface area contributed by atoms with Crippen molar-refractivity contribution < 1.29 is 14.3 Å². The third-order valence-corrected chi connectivity index (χ3v) is 4.67. The molecule has 3 heterocycles. The van der Waals surface area contributed by atoms with Gasteiger partial charge in [0.15, 0.2) is 11.5 Å². The quantitative estimate of drug-likeness (QED) is 0.869. The van der Waals surface area contributed by atoms with Crippen molar-refractivity contribution in [2.24, 2.45) is 0 Å². The molecule has 0 saturated carbocycles. The van der Waals surface area contributed by atoms with Crippen molar-refractivity contribution >= 4 is 5.91 Å². The van der Waals surface area contributed by atoms with Gasteiger partial charge in [-0.05, 0) is 49.9 Å². The Balaban J connectivity index is 1.54. The lowest BCUT2D eigenvalue weighted by atomic mass is 10.0. The third kappa shape index (κ3) is 2.84. The fourth-order valence-corrected chi connectivity index (χ4v) is 3.44. The molecule has 0 unspecified atom stereocenters. The van der Waals surface area contributed by atoms with Gasteiger partial charge in [-0.3, -0.25) is 9.48 Å². The smallest absolute Gasteiger partial charge is 0.254 e. The van der Waals surface area contributed by atoms with Crippen molar-refractivity contribution in [2.45, 2.75) is 38.8 Å². The molecule has 1 aromatic heterocycles. The van der Waals surface area contributed by atoms with E-state index in [0.29, 0.717) is 17.1 Å². The summed E-state index contributed by atoms with van der Waals surface area (Å²) in [6.07, 6.45) is 7.08. The van der Waals surface area contributed by atoms with E-state index in [4.69, 9.17) is 9.47 Å². The van der Waals surface area contributed by atoms with Gasteiger partial charge in [-0.25, -0.2) is 0 Å². The van der Waals surface area contributed by atoms with Gasteiger partial charge >= 0.3 is 0 Å². The second-order valence-corrected chi connectivity index (χ2v) is 6.46. The van der Waals surface area contributed by atoms with E-state index in [-0.39, 0.29) is 18.7 Å². The van der Waals surface area contributed by atoms with Crippen molar-refractivity contribution in [3.8, 4) is 11.5 Å². The molecule has 6 nitrogen and oxygen atoms in total. The molecule has 0 spiro atoms. The van der Waals surface area contributed by atoms with Crippen LogP contribution < -0.4 is 9.47 Å². The summed E-state index contributed by atoms with van der Waals surface area (Å²) in [5.41, 5.74) is 1.79. The van der Waals surface area contributed by atoms with Gasteiger partial charge in [0.25, 0.3) is 5.91 Å². The monoisotopic (exact) mass is 327 g/mol. The summed E-state index contributed by atoms with van der Waals surface area (Å²) < 4.78 is 12.7. The predicted octanol–water partition coefficient (Wildman–Crippen LogP) is 2.62. The predicted molar refractivity (Wildman–Crippen MR) is 88.2 cm³/mol. The lowest BCUT2D eigenvalue weighted by Crippen LogP contribution is -2.45. The number of piperidine rings is 1. The highest BCUT2D eigenvalue weighted by Gasteiger charge is 2.29. The second-order valence-electron chi connectivity index (χ2n) is 6.46. The molecule has 24 heavy (non-hydrogen) atoms. The number of hydrogen-bond acceptors (Lipinski definition) is 4. The number of likely N-dealkylation sites (tertiary alicyclic amines) is 1. The molecule has 6 heteroatoms. The van der Waals surface area contributed by atoms with Crippen molar-refractivity contribution in [2.75, 3.05) is 13.3 Å². The zero-order chi connectivity index (χ0) is 16.5. The molecular formula is C18H21N3O3. The highest BCUT2D eigenvalue weighted by atomic mass is 16.7. The maximum atomic E-state index is 13.0. The number of hydrogen-bond donors (Lipinski definition) is 0. The third-order valence-electron chi connectivity index (χ3n) is 4.67. The van der Waals surface area contributed by atoms with E-state index in [1.165, 1.54) is 0 Å². The molecule has 1 fully saturated rings. The van der Waals surface area contributed by atoms with Crippen LogP contribution in [0.1, 0.15) is 35.2 Å². The van der Waals surface area contributed by atoms with Crippen LogP contribution in [0.2, 0.25) is 0 Å². The lowest BCUT2D eigenvalue weighted by Gasteiger charge is -2.35. The van der Waals surface area contributed by atoms with E-state index >= 15 is 0 Å². The molecule has 0 aliphatic carbocycles. The van der Waals surface area contributed by atoms with E-state index in [0.717, 1.165) is 37.9 Å². The van der Waals surface area contributed by atoms with Gasteiger partial charge in [0.1, 0.15) is 0 Å². The molecule has 0 bridgehead atoms. The fourth-order valence-electron chi connectivity index (χ4n) is 3.44. The molecule has 2 aromatic rings. The Hall–Kier alpha value is -2.50. The number of ether oxygens (including phenoxy) is 2. The maximum absolute atomic E-state index is 13.0. The molecule has 1 atom stereocenters. The molecule has 4 rings (SSSR count). The lowest BCUT2D eigenvalue weighted by molar-refractivity contribution is 0.0583. The molecule has 1 amide bonds.